The van der Waals surface area contributed by atoms with Crippen LogP contribution in [0.25, 0.3) is 0 Å². The standard InChI is InChI=1S/C4H8FN/c1-3(2)4(5)6/h6H2,1-2H3. The Bertz CT molecular complexity index is 57.6. The molecule has 0 fully saturated rings. The lowest BCUT2D eigenvalue weighted by Gasteiger charge is -1.83. The van der Waals surface area contributed by atoms with Crippen molar-refractivity contribution < 1.29 is 4.39 Å². The molecule has 2 N–H and O–H groups in total. The molecular weight excluding hydrogens is 81.0 g/mol. The van der Waals surface area contributed by atoms with Crippen molar-refractivity contribution in [3.8, 4) is 0 Å². The highest BCUT2D eigenvalue weighted by Crippen LogP contribution is 1.93. The maximum atomic E-state index is 11.5. The van der Waals surface area contributed by atoms with Gasteiger partial charge in [0.1, 0.15) is 0 Å². The maximum absolute atomic E-state index is 11.5. The smallest absolute Gasteiger partial charge is 0.183 e. The molecule has 6 heavy (non-hydrogen) atoms. The van der Waals surface area contributed by atoms with Crippen molar-refractivity contribution in [3.05, 3.63) is 11.5 Å². The van der Waals surface area contributed by atoms with E-state index in [0.717, 1.165) is 0 Å². The van der Waals surface area contributed by atoms with E-state index in [9.17, 15) is 4.39 Å². The minimum Gasteiger partial charge on any atom is -0.376 e. The van der Waals surface area contributed by atoms with Gasteiger partial charge in [0.05, 0.1) is 0 Å². The van der Waals surface area contributed by atoms with Gasteiger partial charge in [0.2, 0.25) is 0 Å². The molecule has 0 unspecified atom stereocenters. The molecule has 0 saturated heterocycles. The molecule has 0 aliphatic heterocycles. The van der Waals surface area contributed by atoms with Crippen molar-refractivity contribution in [2.45, 2.75) is 13.8 Å². The van der Waals surface area contributed by atoms with Crippen LogP contribution in [-0.2, 0) is 0 Å². The molecule has 0 rings (SSSR count). The Morgan fingerprint density at radius 3 is 1.67 bits per heavy atom. The van der Waals surface area contributed by atoms with E-state index in [0.29, 0.717) is 5.57 Å². The fourth-order valence-electron chi connectivity index (χ4n) is 0. The summed E-state index contributed by atoms with van der Waals surface area (Å²) < 4.78 is 11.5. The highest BCUT2D eigenvalue weighted by molar-refractivity contribution is 4.95. The number of hydrogen-bond acceptors (Lipinski definition) is 1. The van der Waals surface area contributed by atoms with Crippen LogP contribution in [0.2, 0.25) is 0 Å². The number of allylic oxidation sites excluding steroid dienone is 1. The van der Waals surface area contributed by atoms with Gasteiger partial charge >= 0.3 is 0 Å². The second kappa shape index (κ2) is 1.80. The normalized spacial score (nSPS) is 7.83. The minimum atomic E-state index is -0.574. The molecule has 0 aromatic heterocycles. The van der Waals surface area contributed by atoms with Crippen LogP contribution in [0.1, 0.15) is 13.8 Å². The molecular formula is C4H8FN. The summed E-state index contributed by atoms with van der Waals surface area (Å²) in [6, 6.07) is 0. The Morgan fingerprint density at radius 2 is 1.67 bits per heavy atom. The Hall–Kier alpha value is -0.530. The van der Waals surface area contributed by atoms with Gasteiger partial charge in [0.25, 0.3) is 0 Å². The van der Waals surface area contributed by atoms with Gasteiger partial charge in [-0.2, -0.15) is 4.39 Å². The highest BCUT2D eigenvalue weighted by atomic mass is 19.1. The maximum Gasteiger partial charge on any atom is 0.183 e. The van der Waals surface area contributed by atoms with E-state index in [1.165, 1.54) is 0 Å². The molecule has 0 aliphatic rings. The van der Waals surface area contributed by atoms with E-state index < -0.39 is 5.95 Å². The average Bonchev–Trinajstić information content (AvgIpc) is 1.36. The Balaban J connectivity index is 3.68. The van der Waals surface area contributed by atoms with Crippen LogP contribution in [0.15, 0.2) is 11.5 Å². The summed E-state index contributed by atoms with van der Waals surface area (Å²) in [5.41, 5.74) is 5.19. The van der Waals surface area contributed by atoms with Crippen LogP contribution in [-0.4, -0.2) is 0 Å². The van der Waals surface area contributed by atoms with Crippen molar-refractivity contribution in [1.82, 2.24) is 0 Å². The van der Waals surface area contributed by atoms with Gasteiger partial charge in [-0.3, -0.25) is 0 Å². The third kappa shape index (κ3) is 1.76. The molecule has 0 amide bonds. The van der Waals surface area contributed by atoms with Crippen molar-refractivity contribution in [2.75, 3.05) is 0 Å². The van der Waals surface area contributed by atoms with Gasteiger partial charge < -0.3 is 5.73 Å². The summed E-state index contributed by atoms with van der Waals surface area (Å²) in [4.78, 5) is 0. The Morgan fingerprint density at radius 1 is 1.50 bits per heavy atom. The lowest BCUT2D eigenvalue weighted by Crippen LogP contribution is -1.89. The van der Waals surface area contributed by atoms with Crippen molar-refractivity contribution in [2.24, 2.45) is 5.73 Å². The van der Waals surface area contributed by atoms with E-state index in [1.54, 1.807) is 13.8 Å². The molecule has 0 aromatic carbocycles. The first-order chi connectivity index (χ1) is 2.64. The molecule has 36 valence electrons. The quantitative estimate of drug-likeness (QED) is 0.443. The van der Waals surface area contributed by atoms with Crippen LogP contribution in [0.5, 0.6) is 0 Å². The molecule has 0 bridgehead atoms. The van der Waals surface area contributed by atoms with E-state index >= 15 is 0 Å². The van der Waals surface area contributed by atoms with E-state index in [-0.39, 0.29) is 0 Å². The molecule has 2 heteroatoms. The SMILES string of the molecule is CC(C)=C(N)F. The van der Waals surface area contributed by atoms with E-state index in [4.69, 9.17) is 0 Å². The minimum absolute atomic E-state index is 0.537. The van der Waals surface area contributed by atoms with Crippen LogP contribution >= 0.6 is 0 Å². The lowest BCUT2D eigenvalue weighted by molar-refractivity contribution is 0.614. The van der Waals surface area contributed by atoms with Crippen molar-refractivity contribution >= 4 is 0 Å². The number of halogens is 1. The fraction of sp³-hybridized carbons (Fsp3) is 0.500. The molecule has 0 aromatic rings. The second-order valence-corrected chi connectivity index (χ2v) is 1.35. The summed E-state index contributed by atoms with van der Waals surface area (Å²) >= 11 is 0. The monoisotopic (exact) mass is 89.1 g/mol. The molecule has 0 radical (unpaired) electrons. The summed E-state index contributed by atoms with van der Waals surface area (Å²) in [7, 11) is 0. The van der Waals surface area contributed by atoms with Gasteiger partial charge in [-0.15, -0.1) is 0 Å². The largest absolute Gasteiger partial charge is 0.376 e. The van der Waals surface area contributed by atoms with Gasteiger partial charge in [0, 0.05) is 0 Å². The number of nitrogens with two attached hydrogens (primary N) is 1. The third-order valence-electron chi connectivity index (χ3n) is 0.478. The average molecular weight is 89.1 g/mol. The molecule has 0 heterocycles. The Labute approximate surface area is 36.6 Å². The van der Waals surface area contributed by atoms with Crippen LogP contribution in [0.4, 0.5) is 4.39 Å². The molecule has 0 atom stereocenters. The summed E-state index contributed by atoms with van der Waals surface area (Å²) in [6.07, 6.45) is 0. The number of hydrogen-bond donors (Lipinski definition) is 1. The van der Waals surface area contributed by atoms with Gasteiger partial charge in [0.15, 0.2) is 5.95 Å². The molecule has 0 aliphatic carbocycles. The van der Waals surface area contributed by atoms with E-state index in [2.05, 4.69) is 5.73 Å². The van der Waals surface area contributed by atoms with Crippen molar-refractivity contribution in [3.63, 3.8) is 0 Å². The first-order valence-corrected chi connectivity index (χ1v) is 1.73. The fourth-order valence-corrected chi connectivity index (χ4v) is 0. The first-order valence-electron chi connectivity index (χ1n) is 1.73. The third-order valence-corrected chi connectivity index (χ3v) is 0.478. The molecule has 0 spiro atoms. The zero-order chi connectivity index (χ0) is 5.15. The molecule has 1 nitrogen and oxygen atoms in total. The zero-order valence-corrected chi connectivity index (χ0v) is 3.96. The predicted molar refractivity (Wildman–Crippen MR) is 23.7 cm³/mol. The predicted octanol–water partition coefficient (Wildman–Crippen LogP) is 1.17. The lowest BCUT2D eigenvalue weighted by atomic mass is 10.4. The van der Waals surface area contributed by atoms with Crippen LogP contribution < -0.4 is 5.73 Å². The Kier molecular flexibility index (Phi) is 1.64. The number of rotatable bonds is 0. The van der Waals surface area contributed by atoms with E-state index in [1.807, 2.05) is 0 Å². The van der Waals surface area contributed by atoms with Gasteiger partial charge in [-0.05, 0) is 19.4 Å². The zero-order valence-electron chi connectivity index (χ0n) is 3.96. The van der Waals surface area contributed by atoms with Gasteiger partial charge in [-0.1, -0.05) is 0 Å². The topological polar surface area (TPSA) is 26.0 Å². The van der Waals surface area contributed by atoms with Crippen LogP contribution in [0, 0.1) is 0 Å². The highest BCUT2D eigenvalue weighted by Gasteiger charge is 1.81. The first kappa shape index (κ1) is 5.47. The van der Waals surface area contributed by atoms with Crippen molar-refractivity contribution in [1.29, 1.82) is 0 Å². The second-order valence-electron chi connectivity index (χ2n) is 1.35. The summed E-state index contributed by atoms with van der Waals surface area (Å²) in [5.74, 6) is -0.574. The summed E-state index contributed by atoms with van der Waals surface area (Å²) in [5, 5.41) is 0. The van der Waals surface area contributed by atoms with Crippen LogP contribution in [0.3, 0.4) is 0 Å². The summed E-state index contributed by atoms with van der Waals surface area (Å²) in [6.45, 7) is 3.24. The van der Waals surface area contributed by atoms with Gasteiger partial charge in [-0.25, -0.2) is 0 Å². The molecule has 0 saturated carbocycles.